The van der Waals surface area contributed by atoms with Crippen LogP contribution < -0.4 is 10.6 Å². The summed E-state index contributed by atoms with van der Waals surface area (Å²) in [5.74, 6) is -4.88. The van der Waals surface area contributed by atoms with Crippen LogP contribution in [0.1, 0.15) is 84.8 Å². The number of esters is 2. The van der Waals surface area contributed by atoms with Crippen molar-refractivity contribution in [2.24, 2.45) is 0 Å². The summed E-state index contributed by atoms with van der Waals surface area (Å²) >= 11 is 0. The highest BCUT2D eigenvalue weighted by atomic mass is 19.1. The van der Waals surface area contributed by atoms with Gasteiger partial charge in [0.2, 0.25) is 0 Å². The van der Waals surface area contributed by atoms with Crippen LogP contribution in [0.3, 0.4) is 0 Å². The Labute approximate surface area is 230 Å². The summed E-state index contributed by atoms with van der Waals surface area (Å²) in [4.78, 5) is 25.9. The quantitative estimate of drug-likeness (QED) is 0.139. The lowest BCUT2D eigenvalue weighted by Gasteiger charge is -2.32. The molecule has 1 aliphatic heterocycles. The van der Waals surface area contributed by atoms with E-state index in [2.05, 4.69) is 62.6 Å². The summed E-state index contributed by atoms with van der Waals surface area (Å²) in [5, 5.41) is 6.08. The van der Waals surface area contributed by atoms with Crippen LogP contribution in [0, 0.1) is 11.6 Å². The Bertz CT molecular complexity index is 1180. The van der Waals surface area contributed by atoms with Gasteiger partial charge < -0.3 is 20.1 Å². The Balaban J connectivity index is 1.97. The maximum atomic E-state index is 14.6. The number of anilines is 1. The first-order valence-corrected chi connectivity index (χ1v) is 13.6. The van der Waals surface area contributed by atoms with Crippen molar-refractivity contribution >= 4 is 17.6 Å². The molecule has 6 nitrogen and oxygen atoms in total. The van der Waals surface area contributed by atoms with Gasteiger partial charge in [0.25, 0.3) is 5.79 Å². The zero-order valence-corrected chi connectivity index (χ0v) is 23.8. The normalized spacial score (nSPS) is 15.8. The Kier molecular flexibility index (Phi) is 9.75. The fourth-order valence-corrected chi connectivity index (χ4v) is 4.43. The fraction of sp³-hybridized carbons (Fsp3) is 0.484. The first kappa shape index (κ1) is 30.1. The molecule has 1 heterocycles. The predicted octanol–water partition coefficient (Wildman–Crippen LogP) is 6.89. The average Bonchev–Trinajstić information content (AvgIpc) is 2.82. The number of hydrogen-bond acceptors (Lipinski definition) is 6. The highest BCUT2D eigenvalue weighted by Gasteiger charge is 2.41. The van der Waals surface area contributed by atoms with Crippen molar-refractivity contribution < 1.29 is 27.8 Å². The molecule has 0 spiro atoms. The Hall–Kier alpha value is -3.42. The number of unbranched alkanes of at least 4 members (excludes halogenated alkanes) is 3. The summed E-state index contributed by atoms with van der Waals surface area (Å²) in [5.41, 5.74) is 1.80. The number of carbonyl (C=O) groups excluding carboxylic acids is 2. The molecule has 0 radical (unpaired) electrons. The number of rotatable bonds is 11. The van der Waals surface area contributed by atoms with Crippen LogP contribution in [0.2, 0.25) is 0 Å². The van der Waals surface area contributed by atoms with Crippen molar-refractivity contribution in [3.8, 4) is 0 Å². The molecular formula is C31H40F2N2O4. The van der Waals surface area contributed by atoms with Crippen LogP contribution in [0.4, 0.5) is 14.5 Å². The van der Waals surface area contributed by atoms with Gasteiger partial charge in [-0.1, -0.05) is 77.6 Å². The van der Waals surface area contributed by atoms with E-state index in [4.69, 9.17) is 9.47 Å². The molecule has 2 aromatic rings. The standard InChI is InChI=1S/C31H40F2N2O4/c1-7-8-9-10-11-23(18-20-12-14-21(15-13-20)30(2,3)4)34-27(35-25-17-16-22(32)19-24(25)33)26-28(36)38-31(5,6)39-29(26)37/h12-17,19,23,34-35H,7-11,18H2,1-6H3. The SMILES string of the molecule is CCCCCCC(Cc1ccc(C(C)(C)C)cc1)NC(Nc1ccc(F)cc1F)=C1C(=O)OC(C)(C)OC1=O. The van der Waals surface area contributed by atoms with Crippen LogP contribution in [0.15, 0.2) is 53.9 Å². The van der Waals surface area contributed by atoms with E-state index in [-0.39, 0.29) is 23.0 Å². The molecule has 0 bridgehead atoms. The van der Waals surface area contributed by atoms with Crippen molar-refractivity contribution in [3.05, 3.63) is 76.6 Å². The zero-order valence-electron chi connectivity index (χ0n) is 23.8. The van der Waals surface area contributed by atoms with E-state index in [0.717, 1.165) is 49.8 Å². The van der Waals surface area contributed by atoms with Gasteiger partial charge in [-0.25, -0.2) is 18.4 Å². The van der Waals surface area contributed by atoms with E-state index < -0.39 is 34.9 Å². The van der Waals surface area contributed by atoms with E-state index >= 15 is 0 Å². The summed E-state index contributed by atoms with van der Waals surface area (Å²) in [6.45, 7) is 11.5. The summed E-state index contributed by atoms with van der Waals surface area (Å²) in [6, 6.07) is 11.2. The van der Waals surface area contributed by atoms with Crippen molar-refractivity contribution in [2.45, 2.75) is 97.3 Å². The molecule has 0 aromatic heterocycles. The molecule has 1 unspecified atom stereocenters. The molecule has 2 N–H and O–H groups in total. The Morgan fingerprint density at radius 2 is 1.59 bits per heavy atom. The first-order chi connectivity index (χ1) is 18.3. The van der Waals surface area contributed by atoms with Crippen LogP contribution in [0.5, 0.6) is 0 Å². The van der Waals surface area contributed by atoms with Crippen molar-refractivity contribution in [2.75, 3.05) is 5.32 Å². The molecule has 1 aliphatic rings. The van der Waals surface area contributed by atoms with Crippen LogP contribution in [0.25, 0.3) is 0 Å². The molecule has 8 heteroatoms. The smallest absolute Gasteiger partial charge is 0.352 e. The maximum absolute atomic E-state index is 14.6. The van der Waals surface area contributed by atoms with Gasteiger partial charge in [-0.3, -0.25) is 0 Å². The molecule has 0 saturated carbocycles. The minimum atomic E-state index is -1.43. The summed E-state index contributed by atoms with van der Waals surface area (Å²) in [6.07, 6.45) is 5.45. The molecule has 0 aliphatic carbocycles. The second-order valence-corrected chi connectivity index (χ2v) is 11.5. The van der Waals surface area contributed by atoms with Gasteiger partial charge in [0.15, 0.2) is 5.57 Å². The van der Waals surface area contributed by atoms with Crippen LogP contribution >= 0.6 is 0 Å². The van der Waals surface area contributed by atoms with Crippen molar-refractivity contribution in [1.82, 2.24) is 5.32 Å². The van der Waals surface area contributed by atoms with Gasteiger partial charge in [-0.15, -0.1) is 0 Å². The third-order valence-corrected chi connectivity index (χ3v) is 6.58. The molecule has 0 amide bonds. The van der Waals surface area contributed by atoms with E-state index in [1.165, 1.54) is 25.5 Å². The highest BCUT2D eigenvalue weighted by Crippen LogP contribution is 2.27. The van der Waals surface area contributed by atoms with Crippen molar-refractivity contribution in [3.63, 3.8) is 0 Å². The molecule has 212 valence electrons. The number of cyclic esters (lactones) is 2. The second-order valence-electron chi connectivity index (χ2n) is 11.5. The van der Waals surface area contributed by atoms with Crippen LogP contribution in [-0.2, 0) is 30.9 Å². The summed E-state index contributed by atoms with van der Waals surface area (Å²) in [7, 11) is 0. The molecule has 2 aromatic carbocycles. The number of hydrogen-bond donors (Lipinski definition) is 2. The zero-order chi connectivity index (χ0) is 28.8. The highest BCUT2D eigenvalue weighted by molar-refractivity contribution is 6.16. The van der Waals surface area contributed by atoms with Gasteiger partial charge in [0.1, 0.15) is 17.5 Å². The number of ether oxygens (including phenoxy) is 2. The molecule has 1 fully saturated rings. The van der Waals surface area contributed by atoms with E-state index in [1.54, 1.807) is 0 Å². The molecule has 39 heavy (non-hydrogen) atoms. The molecule has 1 saturated heterocycles. The number of nitrogens with one attached hydrogen (secondary N) is 2. The minimum absolute atomic E-state index is 0.0204. The van der Waals surface area contributed by atoms with E-state index in [1.807, 2.05) is 0 Å². The Morgan fingerprint density at radius 3 is 2.15 bits per heavy atom. The summed E-state index contributed by atoms with van der Waals surface area (Å²) < 4.78 is 38.8. The van der Waals surface area contributed by atoms with Gasteiger partial charge in [-0.2, -0.15) is 0 Å². The lowest BCUT2D eigenvalue weighted by Crippen LogP contribution is -2.45. The average molecular weight is 543 g/mol. The molecular weight excluding hydrogens is 502 g/mol. The number of halogens is 2. The fourth-order valence-electron chi connectivity index (χ4n) is 4.43. The third kappa shape index (κ3) is 8.53. The van der Waals surface area contributed by atoms with E-state index in [9.17, 15) is 18.4 Å². The third-order valence-electron chi connectivity index (χ3n) is 6.58. The largest absolute Gasteiger partial charge is 0.419 e. The second kappa shape index (κ2) is 12.6. The van der Waals surface area contributed by atoms with Gasteiger partial charge in [0, 0.05) is 26.0 Å². The Morgan fingerprint density at radius 1 is 0.949 bits per heavy atom. The number of benzene rings is 2. The van der Waals surface area contributed by atoms with Gasteiger partial charge in [0.05, 0.1) is 5.69 Å². The van der Waals surface area contributed by atoms with Gasteiger partial charge >= 0.3 is 11.9 Å². The van der Waals surface area contributed by atoms with Crippen LogP contribution in [-0.4, -0.2) is 23.8 Å². The lowest BCUT2D eigenvalue weighted by molar-refractivity contribution is -0.222. The number of carbonyl (C=O) groups is 2. The first-order valence-electron chi connectivity index (χ1n) is 13.6. The monoisotopic (exact) mass is 542 g/mol. The van der Waals surface area contributed by atoms with Crippen molar-refractivity contribution in [1.29, 1.82) is 0 Å². The topological polar surface area (TPSA) is 76.7 Å². The molecule has 1 atom stereocenters. The maximum Gasteiger partial charge on any atom is 0.352 e. The lowest BCUT2D eigenvalue weighted by atomic mass is 9.86. The molecule has 3 rings (SSSR count). The van der Waals surface area contributed by atoms with E-state index in [0.29, 0.717) is 6.42 Å². The predicted molar refractivity (Wildman–Crippen MR) is 148 cm³/mol. The van der Waals surface area contributed by atoms with Gasteiger partial charge in [-0.05, 0) is 41.5 Å². The minimum Gasteiger partial charge on any atom is -0.419 e.